The van der Waals surface area contributed by atoms with Crippen molar-refractivity contribution in [1.82, 2.24) is 20.2 Å². The number of thioether (sulfide) groups is 1. The van der Waals surface area contributed by atoms with Crippen LogP contribution in [-0.2, 0) is 11.3 Å². The summed E-state index contributed by atoms with van der Waals surface area (Å²) in [5.74, 6) is -0.516. The SMILES string of the molecule is C=CCn1c(SCC(=O)NC(=O)NC)nc2cc(-c3ccccc3)sc2c1=O. The molecule has 0 spiro atoms. The molecule has 9 heteroatoms. The van der Waals surface area contributed by atoms with Gasteiger partial charge >= 0.3 is 6.03 Å². The third kappa shape index (κ3) is 4.32. The summed E-state index contributed by atoms with van der Waals surface area (Å²) < 4.78 is 2.04. The Kier molecular flexibility index (Phi) is 6.27. The summed E-state index contributed by atoms with van der Waals surface area (Å²) in [7, 11) is 1.42. The molecule has 0 aliphatic carbocycles. The van der Waals surface area contributed by atoms with E-state index in [0.717, 1.165) is 22.2 Å². The lowest BCUT2D eigenvalue weighted by Crippen LogP contribution is -2.38. The van der Waals surface area contributed by atoms with Crippen molar-refractivity contribution in [2.24, 2.45) is 0 Å². The second-order valence-electron chi connectivity index (χ2n) is 5.71. The number of benzene rings is 1. The lowest BCUT2D eigenvalue weighted by atomic mass is 10.2. The number of amides is 3. The fourth-order valence-corrected chi connectivity index (χ4v) is 4.35. The number of carbonyl (C=O) groups excluding carboxylic acids is 2. The standard InChI is InChI=1S/C19H18N4O3S2/c1-3-9-23-17(25)16-13(10-14(28-16)12-7-5-4-6-8-12)21-19(23)27-11-15(24)22-18(26)20-2/h3-8,10H,1,9,11H2,2H3,(H2,20,22,24,26). The molecule has 0 aliphatic heterocycles. The summed E-state index contributed by atoms with van der Waals surface area (Å²) in [6.07, 6.45) is 1.61. The van der Waals surface area contributed by atoms with Gasteiger partial charge in [-0.3, -0.25) is 19.5 Å². The highest BCUT2D eigenvalue weighted by Gasteiger charge is 2.16. The number of fused-ring (bicyclic) bond motifs is 1. The first-order valence-corrected chi connectivity index (χ1v) is 10.2. The molecule has 2 N–H and O–H groups in total. The highest BCUT2D eigenvalue weighted by Crippen LogP contribution is 2.31. The molecule has 0 saturated heterocycles. The fraction of sp³-hybridized carbons (Fsp3) is 0.158. The van der Waals surface area contributed by atoms with Crippen LogP contribution in [0.1, 0.15) is 0 Å². The number of hydrogen-bond donors (Lipinski definition) is 2. The van der Waals surface area contributed by atoms with E-state index in [1.54, 1.807) is 6.08 Å². The minimum absolute atomic E-state index is 0.0435. The van der Waals surface area contributed by atoms with E-state index in [2.05, 4.69) is 22.2 Å². The molecule has 0 radical (unpaired) electrons. The topological polar surface area (TPSA) is 93.1 Å². The quantitative estimate of drug-likeness (QED) is 0.368. The molecule has 3 aromatic rings. The van der Waals surface area contributed by atoms with E-state index in [4.69, 9.17) is 0 Å². The monoisotopic (exact) mass is 414 g/mol. The summed E-state index contributed by atoms with van der Waals surface area (Å²) in [5.41, 5.74) is 1.42. The number of rotatable bonds is 6. The van der Waals surface area contributed by atoms with Gasteiger partial charge < -0.3 is 5.32 Å². The van der Waals surface area contributed by atoms with Gasteiger partial charge in [0.15, 0.2) is 5.16 Å². The van der Waals surface area contributed by atoms with Crippen LogP contribution in [0.5, 0.6) is 0 Å². The van der Waals surface area contributed by atoms with Gasteiger partial charge in [-0.05, 0) is 11.6 Å². The molecule has 28 heavy (non-hydrogen) atoms. The van der Waals surface area contributed by atoms with Gasteiger partial charge in [-0.1, -0.05) is 48.2 Å². The van der Waals surface area contributed by atoms with Crippen LogP contribution >= 0.6 is 23.1 Å². The Labute approximate surface area is 169 Å². The molecule has 3 rings (SSSR count). The maximum Gasteiger partial charge on any atom is 0.321 e. The fourth-order valence-electron chi connectivity index (χ4n) is 2.49. The maximum absolute atomic E-state index is 13.0. The second-order valence-corrected chi connectivity index (χ2v) is 7.70. The Balaban J connectivity index is 1.96. The van der Waals surface area contributed by atoms with Crippen LogP contribution < -0.4 is 16.2 Å². The van der Waals surface area contributed by atoms with Gasteiger partial charge in [-0.25, -0.2) is 9.78 Å². The average molecular weight is 415 g/mol. The second kappa shape index (κ2) is 8.85. The molecule has 1 aromatic carbocycles. The minimum atomic E-state index is -0.581. The third-order valence-electron chi connectivity index (χ3n) is 3.78. The number of nitrogens with one attached hydrogen (secondary N) is 2. The summed E-state index contributed by atoms with van der Waals surface area (Å²) in [6.45, 7) is 3.97. The number of urea groups is 1. The lowest BCUT2D eigenvalue weighted by Gasteiger charge is -2.09. The number of carbonyl (C=O) groups is 2. The molecule has 0 fully saturated rings. The van der Waals surface area contributed by atoms with Crippen LogP contribution in [0.25, 0.3) is 20.7 Å². The van der Waals surface area contributed by atoms with Crippen LogP contribution in [0.2, 0.25) is 0 Å². The van der Waals surface area contributed by atoms with Gasteiger partial charge in [-0.15, -0.1) is 17.9 Å². The van der Waals surface area contributed by atoms with Gasteiger partial charge in [0.05, 0.1) is 11.3 Å². The van der Waals surface area contributed by atoms with E-state index in [-0.39, 0.29) is 17.9 Å². The van der Waals surface area contributed by atoms with E-state index in [0.29, 0.717) is 15.4 Å². The molecule has 2 heterocycles. The number of aromatic nitrogens is 2. The van der Waals surface area contributed by atoms with Crippen molar-refractivity contribution < 1.29 is 9.59 Å². The summed E-state index contributed by atoms with van der Waals surface area (Å²) in [6, 6.07) is 11.1. The molecule has 144 valence electrons. The first kappa shape index (κ1) is 19.8. The first-order valence-electron chi connectivity index (χ1n) is 8.38. The number of thiophene rings is 1. The average Bonchev–Trinajstić information content (AvgIpc) is 3.14. The largest absolute Gasteiger partial charge is 0.341 e. The van der Waals surface area contributed by atoms with E-state index in [1.807, 2.05) is 36.4 Å². The predicted octanol–water partition coefficient (Wildman–Crippen LogP) is 2.86. The van der Waals surface area contributed by atoms with Crippen molar-refractivity contribution in [2.45, 2.75) is 11.7 Å². The molecule has 0 bridgehead atoms. The zero-order valence-electron chi connectivity index (χ0n) is 15.1. The highest BCUT2D eigenvalue weighted by atomic mass is 32.2. The van der Waals surface area contributed by atoms with E-state index in [9.17, 15) is 14.4 Å². The van der Waals surface area contributed by atoms with Crippen LogP contribution in [0.15, 0.2) is 59.0 Å². The first-order chi connectivity index (χ1) is 13.5. The lowest BCUT2D eigenvalue weighted by molar-refractivity contribution is -0.117. The molecular formula is C19H18N4O3S2. The normalized spacial score (nSPS) is 10.6. The van der Waals surface area contributed by atoms with Gasteiger partial charge in [0, 0.05) is 18.5 Å². The molecule has 0 aliphatic rings. The Morgan fingerprint density at radius 1 is 1.32 bits per heavy atom. The van der Waals surface area contributed by atoms with Crippen LogP contribution in [-0.4, -0.2) is 34.3 Å². The maximum atomic E-state index is 13.0. The van der Waals surface area contributed by atoms with Gasteiger partial charge in [0.2, 0.25) is 5.91 Å². The van der Waals surface area contributed by atoms with E-state index >= 15 is 0 Å². The summed E-state index contributed by atoms with van der Waals surface area (Å²) in [4.78, 5) is 41.6. The smallest absolute Gasteiger partial charge is 0.321 e. The molecule has 0 unspecified atom stereocenters. The number of hydrogen-bond acceptors (Lipinski definition) is 6. The number of imide groups is 1. The van der Waals surface area contributed by atoms with Crippen LogP contribution in [0, 0.1) is 0 Å². The van der Waals surface area contributed by atoms with Gasteiger partial charge in [0.1, 0.15) is 4.70 Å². The summed E-state index contributed by atoms with van der Waals surface area (Å²) >= 11 is 2.49. The Morgan fingerprint density at radius 2 is 2.07 bits per heavy atom. The van der Waals surface area contributed by atoms with Crippen molar-refractivity contribution in [3.05, 3.63) is 59.4 Å². The van der Waals surface area contributed by atoms with Crippen LogP contribution in [0.4, 0.5) is 4.79 Å². The van der Waals surface area contributed by atoms with Crippen molar-refractivity contribution in [3.63, 3.8) is 0 Å². The van der Waals surface area contributed by atoms with Crippen molar-refractivity contribution in [2.75, 3.05) is 12.8 Å². The zero-order valence-corrected chi connectivity index (χ0v) is 16.7. The molecular weight excluding hydrogens is 396 g/mol. The highest BCUT2D eigenvalue weighted by molar-refractivity contribution is 7.99. The molecule has 0 saturated carbocycles. The number of nitrogens with zero attached hydrogens (tertiary/aromatic N) is 2. The molecule has 0 atom stereocenters. The predicted molar refractivity (Wildman–Crippen MR) is 113 cm³/mol. The molecule has 3 amide bonds. The van der Waals surface area contributed by atoms with Gasteiger partial charge in [0.25, 0.3) is 5.56 Å². The van der Waals surface area contributed by atoms with Crippen molar-refractivity contribution in [1.29, 1.82) is 0 Å². The van der Waals surface area contributed by atoms with E-state index in [1.165, 1.54) is 23.0 Å². The zero-order chi connectivity index (χ0) is 20.1. The molecule has 7 nitrogen and oxygen atoms in total. The number of allylic oxidation sites excluding steroid dienone is 1. The third-order valence-corrected chi connectivity index (χ3v) is 5.92. The van der Waals surface area contributed by atoms with Crippen LogP contribution in [0.3, 0.4) is 0 Å². The Morgan fingerprint density at radius 3 is 2.75 bits per heavy atom. The van der Waals surface area contributed by atoms with Gasteiger partial charge in [-0.2, -0.15) is 0 Å². The molecule has 2 aromatic heterocycles. The Hall–Kier alpha value is -2.91. The summed E-state index contributed by atoms with van der Waals surface area (Å²) in [5, 5.41) is 4.90. The Bertz CT molecular complexity index is 1090. The van der Waals surface area contributed by atoms with Crippen molar-refractivity contribution in [3.8, 4) is 10.4 Å². The van der Waals surface area contributed by atoms with Crippen molar-refractivity contribution >= 4 is 45.3 Å². The minimum Gasteiger partial charge on any atom is -0.341 e. The van der Waals surface area contributed by atoms with E-state index < -0.39 is 11.9 Å².